The number of carbonyl (C=O) groups excluding carboxylic acids is 1. The second kappa shape index (κ2) is 9.90. The lowest BCUT2D eigenvalue weighted by Gasteiger charge is -2.36. The van der Waals surface area contributed by atoms with Crippen LogP contribution in [0.15, 0.2) is 71.6 Å². The first-order valence-corrected chi connectivity index (χ1v) is 12.4. The molecule has 1 aliphatic rings. The molecule has 0 atom stereocenters. The van der Waals surface area contributed by atoms with Crippen molar-refractivity contribution in [2.24, 2.45) is 0 Å². The van der Waals surface area contributed by atoms with Gasteiger partial charge < -0.3 is 14.5 Å². The topological polar surface area (TPSA) is 79.0 Å². The largest absolute Gasteiger partial charge is 0.495 e. The molecule has 1 aliphatic heterocycles. The number of methoxy groups -OCH3 is 1. The van der Waals surface area contributed by atoms with Crippen molar-refractivity contribution >= 4 is 38.9 Å². The van der Waals surface area contributed by atoms with Gasteiger partial charge in [0.05, 0.1) is 23.4 Å². The Morgan fingerprint density at radius 1 is 0.971 bits per heavy atom. The van der Waals surface area contributed by atoms with E-state index in [0.29, 0.717) is 31.7 Å². The Balaban J connectivity index is 1.42. The van der Waals surface area contributed by atoms with Crippen LogP contribution in [0, 0.1) is 5.82 Å². The highest BCUT2D eigenvalue weighted by molar-refractivity contribution is 7.92. The highest BCUT2D eigenvalue weighted by Crippen LogP contribution is 2.29. The maximum Gasteiger partial charge on any atom is 0.261 e. The smallest absolute Gasteiger partial charge is 0.261 e. The van der Waals surface area contributed by atoms with Gasteiger partial charge in [0.2, 0.25) is 0 Å². The van der Waals surface area contributed by atoms with Crippen molar-refractivity contribution < 1.29 is 22.3 Å². The van der Waals surface area contributed by atoms with Gasteiger partial charge in [-0.05, 0) is 48.5 Å². The van der Waals surface area contributed by atoms with Crippen LogP contribution in [-0.2, 0) is 10.0 Å². The molecule has 0 radical (unpaired) electrons. The van der Waals surface area contributed by atoms with E-state index in [-0.39, 0.29) is 21.5 Å². The fraction of sp³-hybridized carbons (Fsp3) is 0.208. The van der Waals surface area contributed by atoms with Crippen LogP contribution in [0.5, 0.6) is 5.75 Å². The summed E-state index contributed by atoms with van der Waals surface area (Å²) in [6.07, 6.45) is 0. The van der Waals surface area contributed by atoms with Gasteiger partial charge in [-0.2, -0.15) is 0 Å². The predicted molar refractivity (Wildman–Crippen MR) is 130 cm³/mol. The van der Waals surface area contributed by atoms with Crippen LogP contribution in [0.3, 0.4) is 0 Å². The first kappa shape index (κ1) is 23.8. The number of para-hydroxylation sites is 2. The zero-order valence-corrected chi connectivity index (χ0v) is 19.9. The third kappa shape index (κ3) is 4.95. The Labute approximate surface area is 202 Å². The van der Waals surface area contributed by atoms with Crippen molar-refractivity contribution in [2.45, 2.75) is 4.90 Å². The van der Waals surface area contributed by atoms with Crippen molar-refractivity contribution in [1.29, 1.82) is 0 Å². The molecule has 34 heavy (non-hydrogen) atoms. The quantitative estimate of drug-likeness (QED) is 0.544. The van der Waals surface area contributed by atoms with Crippen molar-refractivity contribution in [3.8, 4) is 5.75 Å². The molecular weight excluding hydrogens is 481 g/mol. The lowest BCUT2D eigenvalue weighted by atomic mass is 10.1. The predicted octanol–water partition coefficient (Wildman–Crippen LogP) is 4.25. The summed E-state index contributed by atoms with van der Waals surface area (Å²) in [4.78, 5) is 16.8. The second-order valence-corrected chi connectivity index (χ2v) is 9.74. The minimum atomic E-state index is -4.01. The Morgan fingerprint density at radius 3 is 2.32 bits per heavy atom. The number of nitrogens with one attached hydrogen (secondary N) is 1. The normalized spacial score (nSPS) is 14.1. The molecule has 3 aromatic rings. The lowest BCUT2D eigenvalue weighted by molar-refractivity contribution is 0.0746. The van der Waals surface area contributed by atoms with Gasteiger partial charge in [0.25, 0.3) is 15.9 Å². The van der Waals surface area contributed by atoms with E-state index in [1.165, 1.54) is 36.4 Å². The average Bonchev–Trinajstić information content (AvgIpc) is 2.86. The lowest BCUT2D eigenvalue weighted by Crippen LogP contribution is -2.48. The van der Waals surface area contributed by atoms with Gasteiger partial charge in [-0.25, -0.2) is 12.8 Å². The molecule has 1 fully saturated rings. The minimum Gasteiger partial charge on any atom is -0.495 e. The van der Waals surface area contributed by atoms with Crippen LogP contribution in [-0.4, -0.2) is 52.5 Å². The number of rotatable bonds is 6. The number of amides is 1. The van der Waals surface area contributed by atoms with Crippen molar-refractivity contribution in [1.82, 2.24) is 4.90 Å². The summed E-state index contributed by atoms with van der Waals surface area (Å²) in [6, 6.07) is 17.2. The van der Waals surface area contributed by atoms with Crippen LogP contribution in [0.4, 0.5) is 15.8 Å². The zero-order valence-electron chi connectivity index (χ0n) is 18.4. The van der Waals surface area contributed by atoms with Crippen LogP contribution in [0.25, 0.3) is 0 Å². The summed E-state index contributed by atoms with van der Waals surface area (Å²) in [5, 5.41) is -0.315. The Morgan fingerprint density at radius 2 is 1.65 bits per heavy atom. The molecule has 178 valence electrons. The molecule has 0 bridgehead atoms. The maximum absolute atomic E-state index is 13.6. The van der Waals surface area contributed by atoms with E-state index in [0.717, 1.165) is 17.5 Å². The number of hydrogen-bond donors (Lipinski definition) is 1. The number of hydrogen-bond acceptors (Lipinski definition) is 5. The van der Waals surface area contributed by atoms with Gasteiger partial charge in [0, 0.05) is 31.7 Å². The molecule has 0 aliphatic carbocycles. The molecule has 1 saturated heterocycles. The van der Waals surface area contributed by atoms with Gasteiger partial charge in [0.1, 0.15) is 16.6 Å². The van der Waals surface area contributed by atoms with Crippen LogP contribution in [0.1, 0.15) is 10.4 Å². The molecule has 1 amide bonds. The number of benzene rings is 3. The number of sulfonamides is 1. The summed E-state index contributed by atoms with van der Waals surface area (Å²) < 4.78 is 46.7. The number of piperazine rings is 1. The standard InChI is InChI=1S/C24H23ClFN3O4S/c1-33-22-8-3-2-7-21(22)28-13-15-29(16-14-28)24(30)17-9-11-18(12-10-17)34(31,32)27-20-6-4-5-19(26)23(20)25/h2-12,27H,13-16H2,1H3. The highest BCUT2D eigenvalue weighted by atomic mass is 35.5. The van der Waals surface area contributed by atoms with Gasteiger partial charge in [0.15, 0.2) is 0 Å². The van der Waals surface area contributed by atoms with Crippen molar-refractivity contribution in [3.05, 3.63) is 83.1 Å². The number of nitrogens with zero attached hydrogens (tertiary/aromatic N) is 2. The fourth-order valence-corrected chi connectivity index (χ4v) is 5.09. The SMILES string of the molecule is COc1ccccc1N1CCN(C(=O)c2ccc(S(=O)(=O)Nc3cccc(F)c3Cl)cc2)CC1. The molecule has 0 aromatic heterocycles. The molecule has 1 heterocycles. The first-order chi connectivity index (χ1) is 16.3. The van der Waals surface area contributed by atoms with E-state index < -0.39 is 15.8 Å². The molecule has 10 heteroatoms. The van der Waals surface area contributed by atoms with E-state index in [1.807, 2.05) is 24.3 Å². The van der Waals surface area contributed by atoms with E-state index >= 15 is 0 Å². The highest BCUT2D eigenvalue weighted by Gasteiger charge is 2.24. The van der Waals surface area contributed by atoms with E-state index in [2.05, 4.69) is 9.62 Å². The molecule has 1 N–H and O–H groups in total. The number of carbonyl (C=O) groups is 1. The Hall–Kier alpha value is -3.30. The Bertz CT molecular complexity index is 1290. The molecule has 0 unspecified atom stereocenters. The summed E-state index contributed by atoms with van der Waals surface area (Å²) in [7, 11) is -2.38. The number of halogens is 2. The summed E-state index contributed by atoms with van der Waals surface area (Å²) in [5.74, 6) is -0.120. The van der Waals surface area contributed by atoms with Crippen molar-refractivity contribution in [3.63, 3.8) is 0 Å². The van der Waals surface area contributed by atoms with E-state index in [4.69, 9.17) is 16.3 Å². The van der Waals surface area contributed by atoms with Crippen LogP contribution >= 0.6 is 11.6 Å². The molecular formula is C24H23ClFN3O4S. The molecule has 0 saturated carbocycles. The molecule has 4 rings (SSSR count). The third-order valence-corrected chi connectivity index (χ3v) is 7.37. The summed E-state index contributed by atoms with van der Waals surface area (Å²) >= 11 is 5.84. The number of ether oxygens (including phenoxy) is 1. The zero-order chi connectivity index (χ0) is 24.3. The Kier molecular flexibility index (Phi) is 6.95. The first-order valence-electron chi connectivity index (χ1n) is 10.5. The van der Waals surface area contributed by atoms with E-state index in [1.54, 1.807) is 12.0 Å². The van der Waals surface area contributed by atoms with E-state index in [9.17, 15) is 17.6 Å². The second-order valence-electron chi connectivity index (χ2n) is 7.68. The summed E-state index contributed by atoms with van der Waals surface area (Å²) in [5.41, 5.74) is 1.31. The van der Waals surface area contributed by atoms with Crippen molar-refractivity contribution in [2.75, 3.05) is 42.9 Å². The summed E-state index contributed by atoms with van der Waals surface area (Å²) in [6.45, 7) is 2.35. The van der Waals surface area contributed by atoms with Gasteiger partial charge >= 0.3 is 0 Å². The molecule has 7 nitrogen and oxygen atoms in total. The van der Waals surface area contributed by atoms with Crippen LogP contribution < -0.4 is 14.4 Å². The maximum atomic E-state index is 13.6. The third-order valence-electron chi connectivity index (χ3n) is 5.60. The van der Waals surface area contributed by atoms with Crippen LogP contribution in [0.2, 0.25) is 5.02 Å². The molecule has 3 aromatic carbocycles. The fourth-order valence-electron chi connectivity index (χ4n) is 3.79. The monoisotopic (exact) mass is 503 g/mol. The van der Waals surface area contributed by atoms with Gasteiger partial charge in [-0.3, -0.25) is 9.52 Å². The van der Waals surface area contributed by atoms with Gasteiger partial charge in [-0.15, -0.1) is 0 Å². The molecule has 0 spiro atoms. The average molecular weight is 504 g/mol. The van der Waals surface area contributed by atoms with Gasteiger partial charge in [-0.1, -0.05) is 29.8 Å². The minimum absolute atomic E-state index is 0.0604. The number of anilines is 2.